The number of guanidine groups is 1. The van der Waals surface area contributed by atoms with Gasteiger partial charge in [-0.25, -0.2) is 9.98 Å². The first kappa shape index (κ1) is 21.7. The Morgan fingerprint density at radius 1 is 1.18 bits per heavy atom. The minimum Gasteiger partial charge on any atom is -0.494 e. The topological polar surface area (TPSA) is 87.6 Å². The van der Waals surface area contributed by atoms with Crippen molar-refractivity contribution in [3.63, 3.8) is 0 Å². The predicted molar refractivity (Wildman–Crippen MR) is 114 cm³/mol. The van der Waals surface area contributed by atoms with Crippen LogP contribution in [0.1, 0.15) is 40.3 Å². The molecule has 1 aromatic carbocycles. The van der Waals surface area contributed by atoms with Crippen LogP contribution in [0, 0.1) is 13.8 Å². The summed E-state index contributed by atoms with van der Waals surface area (Å²) in [5.41, 5.74) is 4.64. The molecule has 7 nitrogen and oxygen atoms in total. The fourth-order valence-corrected chi connectivity index (χ4v) is 3.26. The largest absolute Gasteiger partial charge is 0.494 e. The molecule has 1 aromatic heterocycles. The van der Waals surface area contributed by atoms with Crippen molar-refractivity contribution in [1.82, 2.24) is 20.9 Å². The number of aromatic nitrogens is 1. The highest BCUT2D eigenvalue weighted by molar-refractivity contribution is 7.11. The summed E-state index contributed by atoms with van der Waals surface area (Å²) in [6.07, 6.45) is 0. The highest BCUT2D eigenvalue weighted by Gasteiger charge is 2.10. The molecule has 0 unspecified atom stereocenters. The first-order chi connectivity index (χ1) is 13.5. The van der Waals surface area contributed by atoms with Gasteiger partial charge in [0.25, 0.3) is 5.91 Å². The van der Waals surface area contributed by atoms with E-state index < -0.39 is 0 Å². The zero-order valence-electron chi connectivity index (χ0n) is 17.0. The Morgan fingerprint density at radius 2 is 1.96 bits per heavy atom. The van der Waals surface area contributed by atoms with Crippen LogP contribution < -0.4 is 20.7 Å². The van der Waals surface area contributed by atoms with Crippen LogP contribution in [0.3, 0.4) is 0 Å². The number of amides is 1. The number of carbonyl (C=O) groups is 1. The molecule has 8 heteroatoms. The maximum absolute atomic E-state index is 12.1. The number of carbonyl (C=O) groups excluding carboxylic acids is 1. The standard InChI is InChI=1S/C20H29N5O2S/c1-5-21-20(23-10-9-22-19(26)18-15(4)25-13-28-18)24-12-16-8-7-14(3)11-17(16)27-6-2/h7-8,11,13H,5-6,9-10,12H2,1-4H3,(H,22,26)(H2,21,23,24). The van der Waals surface area contributed by atoms with Crippen LogP contribution in [-0.4, -0.2) is 43.1 Å². The van der Waals surface area contributed by atoms with Gasteiger partial charge in [-0.3, -0.25) is 4.79 Å². The number of ether oxygens (including phenoxy) is 1. The molecule has 0 saturated heterocycles. The third-order valence-electron chi connectivity index (χ3n) is 3.93. The van der Waals surface area contributed by atoms with E-state index in [0.29, 0.717) is 37.1 Å². The van der Waals surface area contributed by atoms with Crippen LogP contribution in [0.25, 0.3) is 0 Å². The van der Waals surface area contributed by atoms with Crippen LogP contribution in [0.2, 0.25) is 0 Å². The summed E-state index contributed by atoms with van der Waals surface area (Å²) in [5, 5.41) is 9.35. The Hall–Kier alpha value is -2.61. The fraction of sp³-hybridized carbons (Fsp3) is 0.450. The molecule has 0 aliphatic rings. The van der Waals surface area contributed by atoms with Crippen molar-refractivity contribution >= 4 is 23.2 Å². The Balaban J connectivity index is 1.88. The molecular weight excluding hydrogens is 374 g/mol. The van der Waals surface area contributed by atoms with Crippen LogP contribution >= 0.6 is 11.3 Å². The molecule has 28 heavy (non-hydrogen) atoms. The third-order valence-corrected chi connectivity index (χ3v) is 4.86. The molecule has 0 fully saturated rings. The van der Waals surface area contributed by atoms with E-state index >= 15 is 0 Å². The number of hydrogen-bond acceptors (Lipinski definition) is 5. The van der Waals surface area contributed by atoms with Crippen molar-refractivity contribution in [3.05, 3.63) is 45.4 Å². The zero-order valence-corrected chi connectivity index (χ0v) is 17.8. The quantitative estimate of drug-likeness (QED) is 0.340. The van der Waals surface area contributed by atoms with Crippen LogP contribution in [0.4, 0.5) is 0 Å². The highest BCUT2D eigenvalue weighted by atomic mass is 32.1. The first-order valence-corrected chi connectivity index (χ1v) is 10.4. The smallest absolute Gasteiger partial charge is 0.263 e. The molecule has 1 heterocycles. The summed E-state index contributed by atoms with van der Waals surface area (Å²) in [7, 11) is 0. The van der Waals surface area contributed by atoms with E-state index in [1.807, 2.05) is 39.8 Å². The van der Waals surface area contributed by atoms with Crippen LogP contribution in [-0.2, 0) is 6.54 Å². The Kier molecular flexibility index (Phi) is 8.74. The van der Waals surface area contributed by atoms with Crippen molar-refractivity contribution in [1.29, 1.82) is 0 Å². The lowest BCUT2D eigenvalue weighted by atomic mass is 10.1. The van der Waals surface area contributed by atoms with Crippen LogP contribution in [0.15, 0.2) is 28.7 Å². The molecule has 0 radical (unpaired) electrons. The Morgan fingerprint density at radius 3 is 2.64 bits per heavy atom. The maximum Gasteiger partial charge on any atom is 0.263 e. The molecule has 0 atom stereocenters. The van der Waals surface area contributed by atoms with Gasteiger partial charge in [-0.1, -0.05) is 12.1 Å². The minimum absolute atomic E-state index is 0.0928. The van der Waals surface area contributed by atoms with E-state index in [2.05, 4.69) is 32.0 Å². The normalized spacial score (nSPS) is 11.2. The van der Waals surface area contributed by atoms with Gasteiger partial charge in [0.15, 0.2) is 5.96 Å². The molecule has 0 aliphatic carbocycles. The van der Waals surface area contributed by atoms with Crippen LogP contribution in [0.5, 0.6) is 5.75 Å². The zero-order chi connectivity index (χ0) is 20.4. The van der Waals surface area contributed by atoms with E-state index in [1.54, 1.807) is 5.51 Å². The average molecular weight is 404 g/mol. The van der Waals surface area contributed by atoms with Crippen molar-refractivity contribution in [2.45, 2.75) is 34.2 Å². The van der Waals surface area contributed by atoms with Gasteiger partial charge in [0.1, 0.15) is 10.6 Å². The second kappa shape index (κ2) is 11.3. The van der Waals surface area contributed by atoms with Gasteiger partial charge in [-0.2, -0.15) is 0 Å². The molecule has 2 rings (SSSR count). The van der Waals surface area contributed by atoms with Gasteiger partial charge >= 0.3 is 0 Å². The van der Waals surface area contributed by atoms with Gasteiger partial charge in [0.2, 0.25) is 0 Å². The number of nitrogens with one attached hydrogen (secondary N) is 3. The number of aliphatic imine (C=N–C) groups is 1. The Labute approximate surface area is 170 Å². The van der Waals surface area contributed by atoms with E-state index in [9.17, 15) is 4.79 Å². The number of thiazole rings is 1. The summed E-state index contributed by atoms with van der Waals surface area (Å²) in [6, 6.07) is 6.14. The van der Waals surface area contributed by atoms with Gasteiger partial charge in [0, 0.05) is 25.2 Å². The second-order valence-electron chi connectivity index (χ2n) is 6.19. The molecule has 0 saturated carbocycles. The highest BCUT2D eigenvalue weighted by Crippen LogP contribution is 2.21. The fourth-order valence-electron chi connectivity index (χ4n) is 2.55. The molecule has 3 N–H and O–H groups in total. The summed E-state index contributed by atoms with van der Waals surface area (Å²) in [6.45, 7) is 10.8. The monoisotopic (exact) mass is 403 g/mol. The lowest BCUT2D eigenvalue weighted by Gasteiger charge is -2.13. The number of aryl methyl sites for hydroxylation is 2. The number of benzene rings is 1. The number of hydrogen-bond donors (Lipinski definition) is 3. The molecular formula is C20H29N5O2S. The molecule has 2 aromatic rings. The summed E-state index contributed by atoms with van der Waals surface area (Å²) < 4.78 is 5.72. The van der Waals surface area contributed by atoms with Crippen molar-refractivity contribution in [2.24, 2.45) is 4.99 Å². The molecule has 152 valence electrons. The van der Waals surface area contributed by atoms with E-state index in [4.69, 9.17) is 4.74 Å². The molecule has 0 aliphatic heterocycles. The maximum atomic E-state index is 12.1. The SMILES string of the molecule is CCNC(=NCc1ccc(C)cc1OCC)NCCNC(=O)c1scnc1C. The lowest BCUT2D eigenvalue weighted by molar-refractivity contribution is 0.0957. The van der Waals surface area contributed by atoms with Crippen molar-refractivity contribution in [2.75, 3.05) is 26.2 Å². The summed E-state index contributed by atoms with van der Waals surface area (Å²) in [4.78, 5) is 21.5. The summed E-state index contributed by atoms with van der Waals surface area (Å²) >= 11 is 1.35. The van der Waals surface area contributed by atoms with Gasteiger partial charge in [-0.15, -0.1) is 11.3 Å². The van der Waals surface area contributed by atoms with E-state index in [-0.39, 0.29) is 5.91 Å². The number of nitrogens with zero attached hydrogens (tertiary/aromatic N) is 2. The lowest BCUT2D eigenvalue weighted by Crippen LogP contribution is -2.41. The van der Waals surface area contributed by atoms with Crippen molar-refractivity contribution < 1.29 is 9.53 Å². The first-order valence-electron chi connectivity index (χ1n) is 9.47. The van der Waals surface area contributed by atoms with Gasteiger partial charge in [-0.05, 0) is 39.3 Å². The molecule has 0 spiro atoms. The molecule has 0 bridgehead atoms. The Bertz CT molecular complexity index is 804. The minimum atomic E-state index is -0.0928. The second-order valence-corrected chi connectivity index (χ2v) is 7.04. The third kappa shape index (κ3) is 6.53. The predicted octanol–water partition coefficient (Wildman–Crippen LogP) is 2.64. The van der Waals surface area contributed by atoms with Crippen molar-refractivity contribution in [3.8, 4) is 5.75 Å². The van der Waals surface area contributed by atoms with E-state index in [0.717, 1.165) is 29.1 Å². The number of rotatable bonds is 9. The van der Waals surface area contributed by atoms with E-state index in [1.165, 1.54) is 11.3 Å². The average Bonchev–Trinajstić information content (AvgIpc) is 3.10. The summed E-state index contributed by atoms with van der Waals surface area (Å²) in [5.74, 6) is 1.48. The van der Waals surface area contributed by atoms with Gasteiger partial charge < -0.3 is 20.7 Å². The van der Waals surface area contributed by atoms with Gasteiger partial charge in [0.05, 0.1) is 24.4 Å². The molecule has 1 amide bonds.